The molecule has 23 heavy (non-hydrogen) atoms. The summed E-state index contributed by atoms with van der Waals surface area (Å²) in [4.78, 5) is 12.3. The summed E-state index contributed by atoms with van der Waals surface area (Å²) >= 11 is 5.83. The van der Waals surface area contributed by atoms with Gasteiger partial charge in [-0.25, -0.2) is 0 Å². The third-order valence-electron chi connectivity index (χ3n) is 2.77. The third-order valence-corrected chi connectivity index (χ3v) is 3.00. The van der Waals surface area contributed by atoms with Crippen LogP contribution < -0.4 is 14.8 Å². The predicted octanol–water partition coefficient (Wildman–Crippen LogP) is 4.50. The first kappa shape index (κ1) is 17.0. The highest BCUT2D eigenvalue weighted by atomic mass is 35.5. The maximum atomic E-state index is 12.4. The Balaban J connectivity index is 2.29. The second-order valence-electron chi connectivity index (χ2n) is 4.34. The average Bonchev–Trinajstić information content (AvgIpc) is 2.47. The monoisotopic (exact) mass is 345 g/mol. The molecule has 2 aromatic rings. The van der Waals surface area contributed by atoms with Crippen LogP contribution in [-0.2, 0) is 0 Å². The number of carbonyl (C=O) groups excluding carboxylic acids is 1. The van der Waals surface area contributed by atoms with E-state index in [0.29, 0.717) is 0 Å². The van der Waals surface area contributed by atoms with Gasteiger partial charge in [-0.15, -0.1) is 13.2 Å². The molecule has 0 aliphatic heterocycles. The molecule has 2 aromatic carbocycles. The Morgan fingerprint density at radius 2 is 1.83 bits per heavy atom. The fourth-order valence-corrected chi connectivity index (χ4v) is 2.00. The number of hydrogen-bond donors (Lipinski definition) is 1. The largest absolute Gasteiger partial charge is 0.573 e. The van der Waals surface area contributed by atoms with Crippen LogP contribution in [0.5, 0.6) is 11.5 Å². The van der Waals surface area contributed by atoms with E-state index in [4.69, 9.17) is 16.3 Å². The van der Waals surface area contributed by atoms with Gasteiger partial charge in [0.05, 0.1) is 18.4 Å². The lowest BCUT2D eigenvalue weighted by Crippen LogP contribution is -2.19. The van der Waals surface area contributed by atoms with E-state index in [9.17, 15) is 18.0 Å². The smallest absolute Gasteiger partial charge is 0.496 e. The Kier molecular flexibility index (Phi) is 5.00. The first-order valence-electron chi connectivity index (χ1n) is 6.30. The number of methoxy groups -OCH3 is 1. The molecule has 0 aromatic heterocycles. The number of benzene rings is 2. The molecule has 4 nitrogen and oxygen atoms in total. The molecule has 0 unspecified atom stereocenters. The molecule has 2 rings (SSSR count). The lowest BCUT2D eigenvalue weighted by molar-refractivity contribution is -0.274. The third kappa shape index (κ3) is 4.53. The zero-order chi connectivity index (χ0) is 17.0. The molecular formula is C15H11ClF3NO3. The van der Waals surface area contributed by atoms with Gasteiger partial charge < -0.3 is 14.8 Å². The van der Waals surface area contributed by atoms with E-state index >= 15 is 0 Å². The lowest BCUT2D eigenvalue weighted by atomic mass is 10.1. The van der Waals surface area contributed by atoms with Gasteiger partial charge in [-0.2, -0.15) is 0 Å². The molecule has 0 saturated heterocycles. The summed E-state index contributed by atoms with van der Waals surface area (Å²) < 4.78 is 46.1. The summed E-state index contributed by atoms with van der Waals surface area (Å²) in [6.07, 6.45) is -4.87. The second kappa shape index (κ2) is 6.78. The normalized spacial score (nSPS) is 11.0. The van der Waals surface area contributed by atoms with Crippen LogP contribution in [-0.4, -0.2) is 19.4 Å². The Morgan fingerprint density at radius 3 is 2.48 bits per heavy atom. The number of carbonyl (C=O) groups is 1. The van der Waals surface area contributed by atoms with Crippen LogP contribution in [0.4, 0.5) is 18.9 Å². The van der Waals surface area contributed by atoms with E-state index < -0.39 is 18.0 Å². The minimum absolute atomic E-state index is 0.0850. The molecule has 0 aliphatic rings. The molecule has 0 heterocycles. The number of rotatable bonds is 4. The fourth-order valence-electron chi connectivity index (χ4n) is 1.83. The number of ether oxygens (including phenoxy) is 2. The minimum Gasteiger partial charge on any atom is -0.496 e. The van der Waals surface area contributed by atoms with Crippen molar-refractivity contribution < 1.29 is 27.4 Å². The number of para-hydroxylation sites is 2. The molecule has 122 valence electrons. The number of halogens is 4. The predicted molar refractivity (Wildman–Crippen MR) is 79.1 cm³/mol. The average molecular weight is 346 g/mol. The molecule has 0 atom stereocenters. The first-order valence-corrected chi connectivity index (χ1v) is 6.67. The van der Waals surface area contributed by atoms with E-state index in [1.165, 1.54) is 43.5 Å². The molecule has 0 saturated carbocycles. The summed E-state index contributed by atoms with van der Waals surface area (Å²) in [7, 11) is 1.36. The van der Waals surface area contributed by atoms with Crippen molar-refractivity contribution in [3.05, 3.63) is 53.1 Å². The molecule has 0 radical (unpaired) electrons. The van der Waals surface area contributed by atoms with Crippen LogP contribution >= 0.6 is 11.6 Å². The summed E-state index contributed by atoms with van der Waals surface area (Å²) in [6.45, 7) is 0. The quantitative estimate of drug-likeness (QED) is 0.887. The van der Waals surface area contributed by atoms with Gasteiger partial charge in [-0.3, -0.25) is 4.79 Å². The van der Waals surface area contributed by atoms with Gasteiger partial charge in [0, 0.05) is 5.02 Å². The molecule has 1 N–H and O–H groups in total. The first-order chi connectivity index (χ1) is 10.8. The van der Waals surface area contributed by atoms with Gasteiger partial charge in [0.1, 0.15) is 5.75 Å². The number of anilines is 1. The van der Waals surface area contributed by atoms with Crippen LogP contribution in [0.3, 0.4) is 0 Å². The van der Waals surface area contributed by atoms with Crippen molar-refractivity contribution in [1.82, 2.24) is 0 Å². The van der Waals surface area contributed by atoms with Crippen LogP contribution in [0.2, 0.25) is 5.02 Å². The Morgan fingerprint density at radius 1 is 1.13 bits per heavy atom. The van der Waals surface area contributed by atoms with Gasteiger partial charge in [0.15, 0.2) is 5.75 Å². The summed E-state index contributed by atoms with van der Waals surface area (Å²) in [5.74, 6) is -0.960. The summed E-state index contributed by atoms with van der Waals surface area (Å²) in [5.41, 5.74) is -0.0429. The van der Waals surface area contributed by atoms with Crippen molar-refractivity contribution in [1.29, 1.82) is 0 Å². The van der Waals surface area contributed by atoms with E-state index in [2.05, 4.69) is 10.1 Å². The van der Waals surface area contributed by atoms with Crippen LogP contribution in [0, 0.1) is 0 Å². The Labute approximate surface area is 134 Å². The van der Waals surface area contributed by atoms with Gasteiger partial charge in [-0.1, -0.05) is 23.7 Å². The van der Waals surface area contributed by atoms with E-state index in [-0.39, 0.29) is 22.0 Å². The van der Waals surface area contributed by atoms with Gasteiger partial charge in [0.25, 0.3) is 5.91 Å². The molecule has 0 aliphatic carbocycles. The maximum absolute atomic E-state index is 12.4. The highest BCUT2D eigenvalue weighted by Crippen LogP contribution is 2.31. The summed E-state index contributed by atoms with van der Waals surface area (Å²) in [5, 5.41) is 2.64. The highest BCUT2D eigenvalue weighted by molar-refractivity contribution is 6.31. The van der Waals surface area contributed by atoms with Crippen molar-refractivity contribution in [2.45, 2.75) is 6.36 Å². The van der Waals surface area contributed by atoms with E-state index in [0.717, 1.165) is 6.07 Å². The maximum Gasteiger partial charge on any atom is 0.573 e. The van der Waals surface area contributed by atoms with Crippen LogP contribution in [0.15, 0.2) is 42.5 Å². The number of amides is 1. The fraction of sp³-hybridized carbons (Fsp3) is 0.133. The second-order valence-corrected chi connectivity index (χ2v) is 4.78. The zero-order valence-electron chi connectivity index (χ0n) is 11.8. The topological polar surface area (TPSA) is 47.6 Å². The minimum atomic E-state index is -4.87. The number of nitrogens with one attached hydrogen (secondary N) is 1. The van der Waals surface area contributed by atoms with E-state index in [1.807, 2.05) is 0 Å². The van der Waals surface area contributed by atoms with Gasteiger partial charge in [-0.05, 0) is 30.3 Å². The molecule has 0 fully saturated rings. The molecular weight excluding hydrogens is 335 g/mol. The summed E-state index contributed by atoms with van der Waals surface area (Å²) in [6, 6.07) is 9.56. The Hall–Kier alpha value is -2.41. The van der Waals surface area contributed by atoms with Crippen molar-refractivity contribution in [3.8, 4) is 11.5 Å². The number of hydrogen-bond acceptors (Lipinski definition) is 3. The van der Waals surface area contributed by atoms with Gasteiger partial charge >= 0.3 is 6.36 Å². The molecule has 1 amide bonds. The van der Waals surface area contributed by atoms with Crippen molar-refractivity contribution in [2.75, 3.05) is 12.4 Å². The molecule has 0 bridgehead atoms. The highest BCUT2D eigenvalue weighted by Gasteiger charge is 2.32. The standard InChI is InChI=1S/C15H11ClF3NO3/c1-22-12-7-6-9(16)8-10(12)14(21)20-11-4-2-3-5-13(11)23-15(17,18)19/h2-8H,1H3,(H,20,21). The Bertz CT molecular complexity index is 719. The van der Waals surface area contributed by atoms with E-state index in [1.54, 1.807) is 0 Å². The van der Waals surface area contributed by atoms with Crippen LogP contribution in [0.1, 0.15) is 10.4 Å². The van der Waals surface area contributed by atoms with Crippen molar-refractivity contribution in [2.24, 2.45) is 0 Å². The SMILES string of the molecule is COc1ccc(Cl)cc1C(=O)Nc1ccccc1OC(F)(F)F. The molecule has 8 heteroatoms. The lowest BCUT2D eigenvalue weighted by Gasteiger charge is -2.14. The van der Waals surface area contributed by atoms with Gasteiger partial charge in [0.2, 0.25) is 0 Å². The van der Waals surface area contributed by atoms with Crippen LogP contribution in [0.25, 0.3) is 0 Å². The van der Waals surface area contributed by atoms with Crippen molar-refractivity contribution >= 4 is 23.2 Å². The zero-order valence-corrected chi connectivity index (χ0v) is 12.5. The molecule has 0 spiro atoms. The van der Waals surface area contributed by atoms with Crippen molar-refractivity contribution in [3.63, 3.8) is 0 Å². The number of alkyl halides is 3.